The highest BCUT2D eigenvalue weighted by Gasteiger charge is 2.26. The Morgan fingerprint density at radius 3 is 2.43 bits per heavy atom. The zero-order valence-corrected chi connectivity index (χ0v) is 22.9. The van der Waals surface area contributed by atoms with Crippen LogP contribution in [-0.2, 0) is 10.0 Å². The molecule has 1 amide bonds. The fourth-order valence-electron chi connectivity index (χ4n) is 4.20. The second kappa shape index (κ2) is 11.3. The Labute approximate surface area is 216 Å². The van der Waals surface area contributed by atoms with Crippen LogP contribution in [0.3, 0.4) is 0 Å². The van der Waals surface area contributed by atoms with Gasteiger partial charge in [-0.1, -0.05) is 37.7 Å². The zero-order valence-electron chi connectivity index (χ0n) is 20.4. The molecule has 0 radical (unpaired) electrons. The third kappa shape index (κ3) is 5.50. The molecular weight excluding hydrogens is 501 g/mol. The molecular formula is C25H32N4O3S3. The van der Waals surface area contributed by atoms with Gasteiger partial charge in [0, 0.05) is 49.7 Å². The number of fused-ring (bicyclic) bond motifs is 1. The third-order valence-electron chi connectivity index (χ3n) is 6.28. The molecule has 0 bridgehead atoms. The van der Waals surface area contributed by atoms with E-state index in [0.717, 1.165) is 36.6 Å². The summed E-state index contributed by atoms with van der Waals surface area (Å²) >= 11 is 3.39. The number of nitrogens with zero attached hydrogens (tertiary/aromatic N) is 4. The first-order valence-electron chi connectivity index (χ1n) is 12.0. The van der Waals surface area contributed by atoms with E-state index in [9.17, 15) is 13.2 Å². The number of hydrogen-bond donors (Lipinski definition) is 0. The predicted octanol–water partition coefficient (Wildman–Crippen LogP) is 4.79. The fourth-order valence-corrected chi connectivity index (χ4v) is 7.36. The standard InChI is InChI=1S/C25H32N4O3S3/c1-4-6-14-29(5-2)35(31,32)20-12-10-19(11-13-20)24(30)27-15-17-28(18-16-27)25-26-23-21(33-3)8-7-9-22(23)34-25/h7-13H,4-6,14-18H2,1-3H3. The molecule has 188 valence electrons. The molecule has 2 aromatic carbocycles. The van der Waals surface area contributed by atoms with Gasteiger partial charge in [-0.3, -0.25) is 4.79 Å². The van der Waals surface area contributed by atoms with Gasteiger partial charge in [0.1, 0.15) is 0 Å². The van der Waals surface area contributed by atoms with Crippen molar-refractivity contribution in [3.05, 3.63) is 48.0 Å². The number of thiazole rings is 1. The summed E-state index contributed by atoms with van der Waals surface area (Å²) in [6, 6.07) is 12.6. The molecule has 2 heterocycles. The van der Waals surface area contributed by atoms with E-state index >= 15 is 0 Å². The maximum atomic E-state index is 13.1. The molecule has 1 aliphatic rings. The first-order chi connectivity index (χ1) is 16.9. The van der Waals surface area contributed by atoms with Crippen molar-refractivity contribution in [2.24, 2.45) is 0 Å². The summed E-state index contributed by atoms with van der Waals surface area (Å²) in [5, 5.41) is 0.992. The van der Waals surface area contributed by atoms with E-state index < -0.39 is 10.0 Å². The highest BCUT2D eigenvalue weighted by atomic mass is 32.2. The van der Waals surface area contributed by atoms with Gasteiger partial charge in [-0.25, -0.2) is 13.4 Å². The minimum Gasteiger partial charge on any atom is -0.345 e. The number of carbonyl (C=O) groups is 1. The Kier molecular flexibility index (Phi) is 8.36. The molecule has 35 heavy (non-hydrogen) atoms. The molecule has 0 N–H and O–H groups in total. The van der Waals surface area contributed by atoms with Crippen molar-refractivity contribution in [3.63, 3.8) is 0 Å². The highest BCUT2D eigenvalue weighted by molar-refractivity contribution is 7.98. The molecule has 1 aromatic heterocycles. The first-order valence-corrected chi connectivity index (χ1v) is 15.4. The normalized spacial score (nSPS) is 14.7. The van der Waals surface area contributed by atoms with Crippen LogP contribution in [0.5, 0.6) is 0 Å². The van der Waals surface area contributed by atoms with Crippen LogP contribution in [0.25, 0.3) is 10.2 Å². The number of amides is 1. The zero-order chi connectivity index (χ0) is 25.0. The van der Waals surface area contributed by atoms with Crippen LogP contribution in [0.4, 0.5) is 5.13 Å². The topological polar surface area (TPSA) is 73.8 Å². The number of anilines is 1. The molecule has 1 aliphatic heterocycles. The lowest BCUT2D eigenvalue weighted by Crippen LogP contribution is -2.48. The number of hydrogen-bond acceptors (Lipinski definition) is 7. The van der Waals surface area contributed by atoms with Crippen LogP contribution in [0, 0.1) is 0 Å². The summed E-state index contributed by atoms with van der Waals surface area (Å²) in [6.45, 7) is 7.47. The van der Waals surface area contributed by atoms with Gasteiger partial charge in [0.2, 0.25) is 10.0 Å². The van der Waals surface area contributed by atoms with Gasteiger partial charge in [0.25, 0.3) is 5.91 Å². The fraction of sp³-hybridized carbons (Fsp3) is 0.440. The minimum absolute atomic E-state index is 0.0686. The highest BCUT2D eigenvalue weighted by Crippen LogP contribution is 2.34. The summed E-state index contributed by atoms with van der Waals surface area (Å²) in [5.74, 6) is -0.0686. The Bertz CT molecular complexity index is 1270. The SMILES string of the molecule is CCCCN(CC)S(=O)(=O)c1ccc(C(=O)N2CCN(c3nc4c(SC)cccc4s3)CC2)cc1. The molecule has 1 saturated heterocycles. The lowest BCUT2D eigenvalue weighted by atomic mass is 10.2. The summed E-state index contributed by atoms with van der Waals surface area (Å²) < 4.78 is 28.6. The quantitative estimate of drug-likeness (QED) is 0.369. The van der Waals surface area contributed by atoms with Crippen LogP contribution < -0.4 is 4.90 Å². The molecule has 0 unspecified atom stereocenters. The number of thioether (sulfide) groups is 1. The maximum Gasteiger partial charge on any atom is 0.253 e. The van der Waals surface area contributed by atoms with Crippen molar-refractivity contribution in [2.75, 3.05) is 50.4 Å². The van der Waals surface area contributed by atoms with Gasteiger partial charge in [-0.15, -0.1) is 11.8 Å². The molecule has 0 spiro atoms. The van der Waals surface area contributed by atoms with E-state index in [1.54, 1.807) is 47.4 Å². The number of unbranched alkanes of at least 4 members (excludes halogenated alkanes) is 1. The number of benzene rings is 2. The second-order valence-corrected chi connectivity index (χ2v) is 12.3. The van der Waals surface area contributed by atoms with Gasteiger partial charge in [0.05, 0.1) is 15.1 Å². The van der Waals surface area contributed by atoms with Gasteiger partial charge >= 0.3 is 0 Å². The van der Waals surface area contributed by atoms with Gasteiger partial charge in [-0.2, -0.15) is 4.31 Å². The molecule has 3 aromatic rings. The molecule has 0 aliphatic carbocycles. The van der Waals surface area contributed by atoms with Crippen LogP contribution >= 0.6 is 23.1 Å². The summed E-state index contributed by atoms with van der Waals surface area (Å²) in [7, 11) is -3.55. The van der Waals surface area contributed by atoms with E-state index in [1.807, 2.05) is 18.7 Å². The lowest BCUT2D eigenvalue weighted by Gasteiger charge is -2.34. The van der Waals surface area contributed by atoms with Crippen LogP contribution in [0.1, 0.15) is 37.0 Å². The van der Waals surface area contributed by atoms with Crippen LogP contribution in [0.15, 0.2) is 52.3 Å². The Balaban J connectivity index is 1.40. The first kappa shape index (κ1) is 25.9. The minimum atomic E-state index is -3.55. The van der Waals surface area contributed by atoms with E-state index in [4.69, 9.17) is 4.98 Å². The maximum absolute atomic E-state index is 13.1. The van der Waals surface area contributed by atoms with Crippen molar-refractivity contribution >= 4 is 54.4 Å². The Hall–Kier alpha value is -2.14. The van der Waals surface area contributed by atoms with Crippen LogP contribution in [-0.4, -0.2) is 74.0 Å². The molecule has 4 rings (SSSR count). The van der Waals surface area contributed by atoms with Crippen molar-refractivity contribution in [1.29, 1.82) is 0 Å². The van der Waals surface area contributed by atoms with Gasteiger partial charge in [-0.05, 0) is 49.1 Å². The van der Waals surface area contributed by atoms with Crippen molar-refractivity contribution < 1.29 is 13.2 Å². The van der Waals surface area contributed by atoms with Gasteiger partial charge in [0.15, 0.2) is 5.13 Å². The average molecular weight is 533 g/mol. The average Bonchev–Trinajstić information content (AvgIpc) is 3.33. The number of carbonyl (C=O) groups excluding carboxylic acids is 1. The Morgan fingerprint density at radius 2 is 1.80 bits per heavy atom. The molecule has 10 heteroatoms. The van der Waals surface area contributed by atoms with Crippen molar-refractivity contribution in [2.45, 2.75) is 36.5 Å². The molecule has 1 fully saturated rings. The lowest BCUT2D eigenvalue weighted by molar-refractivity contribution is 0.0746. The number of aromatic nitrogens is 1. The molecule has 7 nitrogen and oxygen atoms in total. The third-order valence-corrected chi connectivity index (χ3v) is 10.1. The Morgan fingerprint density at radius 1 is 1.09 bits per heavy atom. The van der Waals surface area contributed by atoms with Crippen molar-refractivity contribution in [1.82, 2.24) is 14.2 Å². The largest absolute Gasteiger partial charge is 0.345 e. The summed E-state index contributed by atoms with van der Waals surface area (Å²) in [6.07, 6.45) is 3.82. The van der Waals surface area contributed by atoms with E-state index in [0.29, 0.717) is 31.7 Å². The number of para-hydroxylation sites is 1. The van der Waals surface area contributed by atoms with Crippen molar-refractivity contribution in [3.8, 4) is 0 Å². The predicted molar refractivity (Wildman–Crippen MR) is 145 cm³/mol. The smallest absolute Gasteiger partial charge is 0.253 e. The molecule has 0 atom stereocenters. The molecule has 0 saturated carbocycles. The van der Waals surface area contributed by atoms with E-state index in [2.05, 4.69) is 29.4 Å². The second-order valence-electron chi connectivity index (χ2n) is 8.46. The number of sulfonamides is 1. The monoisotopic (exact) mass is 532 g/mol. The summed E-state index contributed by atoms with van der Waals surface area (Å²) in [5.41, 5.74) is 1.56. The van der Waals surface area contributed by atoms with Gasteiger partial charge < -0.3 is 9.80 Å². The van der Waals surface area contributed by atoms with E-state index in [-0.39, 0.29) is 10.8 Å². The summed E-state index contributed by atoms with van der Waals surface area (Å²) in [4.78, 5) is 23.4. The van der Waals surface area contributed by atoms with E-state index in [1.165, 1.54) is 13.9 Å². The van der Waals surface area contributed by atoms with Crippen LogP contribution in [0.2, 0.25) is 0 Å². The number of rotatable bonds is 9. The number of piperazine rings is 1.